The molecule has 1 N–H and O–H groups in total. The van der Waals surface area contributed by atoms with E-state index in [0.29, 0.717) is 6.54 Å². The van der Waals surface area contributed by atoms with Gasteiger partial charge in [-0.25, -0.2) is 4.39 Å². The molecule has 0 amide bonds. The van der Waals surface area contributed by atoms with E-state index in [1.807, 2.05) is 0 Å². The van der Waals surface area contributed by atoms with Crippen LogP contribution in [0.4, 0.5) is 10.1 Å². The third-order valence-corrected chi connectivity index (χ3v) is 2.81. The van der Waals surface area contributed by atoms with Gasteiger partial charge in [0.1, 0.15) is 10.6 Å². The monoisotopic (exact) mass is 289 g/mol. The van der Waals surface area contributed by atoms with Gasteiger partial charge in [0.2, 0.25) is 0 Å². The zero-order valence-electron chi connectivity index (χ0n) is 9.09. The number of halogens is 2. The van der Waals surface area contributed by atoms with Crippen LogP contribution in [0.3, 0.4) is 0 Å². The fourth-order valence-corrected chi connectivity index (χ4v) is 1.58. The molecule has 0 saturated carbocycles. The van der Waals surface area contributed by atoms with Gasteiger partial charge in [0.25, 0.3) is 0 Å². The Balaban J connectivity index is 2.58. The summed E-state index contributed by atoms with van der Waals surface area (Å²) in [5, 5.41) is 3.04. The van der Waals surface area contributed by atoms with E-state index in [9.17, 15) is 9.18 Å². The van der Waals surface area contributed by atoms with Gasteiger partial charge in [-0.3, -0.25) is 4.79 Å². The number of esters is 1. The summed E-state index contributed by atoms with van der Waals surface area (Å²) < 4.78 is 17.4. The quantitative estimate of drug-likeness (QED) is 0.684. The van der Waals surface area contributed by atoms with Crippen molar-refractivity contribution >= 4 is 27.6 Å². The lowest BCUT2D eigenvalue weighted by atomic mass is 10.2. The molecule has 5 heteroatoms. The lowest BCUT2D eigenvalue weighted by Gasteiger charge is -2.12. The topological polar surface area (TPSA) is 38.3 Å². The number of hydrogen-bond acceptors (Lipinski definition) is 3. The smallest absolute Gasteiger partial charge is 0.321 e. The van der Waals surface area contributed by atoms with Crippen LogP contribution in [0, 0.1) is 12.7 Å². The van der Waals surface area contributed by atoms with Crippen molar-refractivity contribution in [3.63, 3.8) is 0 Å². The van der Waals surface area contributed by atoms with E-state index >= 15 is 0 Å². The Morgan fingerprint density at radius 1 is 1.62 bits per heavy atom. The third kappa shape index (κ3) is 3.48. The molecular formula is C11H13BrFNO2. The summed E-state index contributed by atoms with van der Waals surface area (Å²) in [4.78, 5) is 10.7. The second-order valence-corrected chi connectivity index (χ2v) is 4.44. The third-order valence-electron chi connectivity index (χ3n) is 2.12. The van der Waals surface area contributed by atoms with Gasteiger partial charge in [0.05, 0.1) is 7.11 Å². The van der Waals surface area contributed by atoms with Gasteiger partial charge in [0, 0.05) is 12.2 Å². The van der Waals surface area contributed by atoms with Crippen molar-refractivity contribution < 1.29 is 13.9 Å². The molecule has 0 heterocycles. The zero-order valence-corrected chi connectivity index (χ0v) is 10.7. The molecule has 0 spiro atoms. The van der Waals surface area contributed by atoms with Crippen LogP contribution < -0.4 is 5.32 Å². The predicted molar refractivity (Wildman–Crippen MR) is 64.4 cm³/mol. The molecule has 0 aliphatic carbocycles. The highest BCUT2D eigenvalue weighted by Crippen LogP contribution is 2.16. The van der Waals surface area contributed by atoms with E-state index in [0.717, 1.165) is 11.3 Å². The number of ether oxygens (including phenoxy) is 1. The Bertz CT molecular complexity index is 384. The lowest BCUT2D eigenvalue weighted by Crippen LogP contribution is -2.24. The summed E-state index contributed by atoms with van der Waals surface area (Å²) >= 11 is 3.19. The van der Waals surface area contributed by atoms with E-state index in [1.165, 1.54) is 19.2 Å². The van der Waals surface area contributed by atoms with Gasteiger partial charge in [0.15, 0.2) is 0 Å². The molecule has 1 aromatic rings. The van der Waals surface area contributed by atoms with E-state index in [1.54, 1.807) is 13.0 Å². The fraction of sp³-hybridized carbons (Fsp3) is 0.364. The number of hydrogen-bond donors (Lipinski definition) is 1. The molecule has 0 radical (unpaired) electrons. The lowest BCUT2D eigenvalue weighted by molar-refractivity contribution is -0.139. The Morgan fingerprint density at radius 2 is 2.31 bits per heavy atom. The molecule has 1 unspecified atom stereocenters. The molecule has 0 aliphatic rings. The minimum absolute atomic E-state index is 0.272. The van der Waals surface area contributed by atoms with Crippen LogP contribution in [-0.2, 0) is 9.53 Å². The molecule has 3 nitrogen and oxygen atoms in total. The van der Waals surface area contributed by atoms with Crippen LogP contribution in [0.2, 0.25) is 0 Å². The summed E-state index contributed by atoms with van der Waals surface area (Å²) in [6, 6.07) is 4.45. The number of aryl methyl sites for hydroxylation is 1. The van der Waals surface area contributed by atoms with Crippen molar-refractivity contribution in [3.8, 4) is 0 Å². The zero-order chi connectivity index (χ0) is 12.1. The summed E-state index contributed by atoms with van der Waals surface area (Å²) in [5.74, 6) is -0.612. The highest BCUT2D eigenvalue weighted by molar-refractivity contribution is 9.10. The van der Waals surface area contributed by atoms with Crippen LogP contribution in [0.15, 0.2) is 18.2 Å². The van der Waals surface area contributed by atoms with Crippen molar-refractivity contribution in [2.24, 2.45) is 0 Å². The summed E-state index contributed by atoms with van der Waals surface area (Å²) in [5.41, 5.74) is 1.60. The number of nitrogens with one attached hydrogen (secondary N) is 1. The van der Waals surface area contributed by atoms with Crippen molar-refractivity contribution in [2.75, 3.05) is 19.0 Å². The van der Waals surface area contributed by atoms with Gasteiger partial charge in [-0.05, 0) is 30.7 Å². The Kier molecular flexibility index (Phi) is 4.73. The number of alkyl halides is 1. The van der Waals surface area contributed by atoms with Gasteiger partial charge in [-0.2, -0.15) is 0 Å². The molecule has 0 aliphatic heterocycles. The first-order valence-corrected chi connectivity index (χ1v) is 5.68. The van der Waals surface area contributed by atoms with Crippen molar-refractivity contribution in [3.05, 3.63) is 29.6 Å². The first-order chi connectivity index (χ1) is 7.54. The average molecular weight is 290 g/mol. The second kappa shape index (κ2) is 5.84. The fourth-order valence-electron chi connectivity index (χ4n) is 1.24. The van der Waals surface area contributed by atoms with E-state index in [-0.39, 0.29) is 11.8 Å². The molecule has 1 atom stereocenters. The van der Waals surface area contributed by atoms with Crippen LogP contribution in [0.25, 0.3) is 0 Å². The standard InChI is InChI=1S/C11H13BrFNO2/c1-7-5-8(13)3-4-10(7)14-6-9(12)11(15)16-2/h3-5,9,14H,6H2,1-2H3. The molecule has 0 aromatic heterocycles. The molecule has 88 valence electrons. The highest BCUT2D eigenvalue weighted by atomic mass is 79.9. The Morgan fingerprint density at radius 3 is 2.88 bits per heavy atom. The molecule has 0 fully saturated rings. The van der Waals surface area contributed by atoms with Crippen molar-refractivity contribution in [1.29, 1.82) is 0 Å². The molecule has 1 rings (SSSR count). The van der Waals surface area contributed by atoms with Crippen molar-refractivity contribution in [2.45, 2.75) is 11.8 Å². The largest absolute Gasteiger partial charge is 0.468 e. The maximum absolute atomic E-state index is 12.8. The Hall–Kier alpha value is -1.10. The van der Waals surface area contributed by atoms with Crippen LogP contribution in [0.1, 0.15) is 5.56 Å². The molecule has 0 saturated heterocycles. The SMILES string of the molecule is COC(=O)C(Br)CNc1ccc(F)cc1C. The summed E-state index contributed by atoms with van der Waals surface area (Å²) in [6.07, 6.45) is 0. The summed E-state index contributed by atoms with van der Waals surface area (Å²) in [6.45, 7) is 2.19. The molecular weight excluding hydrogens is 277 g/mol. The van der Waals surface area contributed by atoms with Crippen LogP contribution in [-0.4, -0.2) is 24.5 Å². The first kappa shape index (κ1) is 13.0. The maximum Gasteiger partial charge on any atom is 0.321 e. The van der Waals surface area contributed by atoms with Gasteiger partial charge >= 0.3 is 5.97 Å². The van der Waals surface area contributed by atoms with E-state index in [4.69, 9.17) is 0 Å². The van der Waals surface area contributed by atoms with Crippen LogP contribution >= 0.6 is 15.9 Å². The van der Waals surface area contributed by atoms with Crippen LogP contribution in [0.5, 0.6) is 0 Å². The Labute approximate surface area is 102 Å². The molecule has 1 aromatic carbocycles. The number of benzene rings is 1. The number of carbonyl (C=O) groups is 1. The predicted octanol–water partition coefficient (Wildman–Crippen LogP) is 2.48. The van der Waals surface area contributed by atoms with Gasteiger partial charge in [-0.15, -0.1) is 0 Å². The van der Waals surface area contributed by atoms with E-state index in [2.05, 4.69) is 26.0 Å². The molecule has 0 bridgehead atoms. The van der Waals surface area contributed by atoms with Gasteiger partial charge < -0.3 is 10.1 Å². The number of rotatable bonds is 4. The number of carbonyl (C=O) groups excluding carboxylic acids is 1. The van der Waals surface area contributed by atoms with Crippen molar-refractivity contribution in [1.82, 2.24) is 0 Å². The summed E-state index contributed by atoms with van der Waals surface area (Å²) in [7, 11) is 1.33. The second-order valence-electron chi connectivity index (χ2n) is 3.33. The average Bonchev–Trinajstić information content (AvgIpc) is 2.26. The minimum atomic E-state index is -0.415. The van der Waals surface area contributed by atoms with Gasteiger partial charge in [-0.1, -0.05) is 15.9 Å². The highest BCUT2D eigenvalue weighted by Gasteiger charge is 2.14. The normalized spacial score (nSPS) is 12.0. The van der Waals surface area contributed by atoms with E-state index < -0.39 is 4.83 Å². The maximum atomic E-state index is 12.8. The first-order valence-electron chi connectivity index (χ1n) is 4.76. The number of methoxy groups -OCH3 is 1. The molecule has 16 heavy (non-hydrogen) atoms. The number of anilines is 1. The minimum Gasteiger partial charge on any atom is -0.468 e.